The van der Waals surface area contributed by atoms with Gasteiger partial charge in [-0.1, -0.05) is 54.6 Å². The van der Waals surface area contributed by atoms with E-state index in [9.17, 15) is 31.9 Å². The van der Waals surface area contributed by atoms with E-state index in [1.807, 2.05) is 35.6 Å². The van der Waals surface area contributed by atoms with E-state index in [4.69, 9.17) is 0 Å². The molecule has 6 nitrogen and oxygen atoms in total. The first-order chi connectivity index (χ1) is 18.2. The van der Waals surface area contributed by atoms with Gasteiger partial charge in [-0.2, -0.15) is 8.78 Å². The van der Waals surface area contributed by atoms with Crippen molar-refractivity contribution in [3.63, 3.8) is 0 Å². The van der Waals surface area contributed by atoms with Crippen molar-refractivity contribution in [1.29, 1.82) is 0 Å². The molecule has 0 spiro atoms. The van der Waals surface area contributed by atoms with Crippen molar-refractivity contribution in [3.05, 3.63) is 95.6 Å². The lowest BCUT2D eigenvalue weighted by Crippen LogP contribution is -2.53. The lowest BCUT2D eigenvalue weighted by atomic mass is 9.99. The Hall–Kier alpha value is -4.21. The molecule has 0 radical (unpaired) electrons. The summed E-state index contributed by atoms with van der Waals surface area (Å²) in [6, 6.07) is 14.7. The van der Waals surface area contributed by atoms with Crippen LogP contribution in [0.4, 0.5) is 17.6 Å². The van der Waals surface area contributed by atoms with Crippen molar-refractivity contribution < 1.29 is 31.9 Å². The smallest absolute Gasteiger partial charge is 0.349 e. The van der Waals surface area contributed by atoms with E-state index < -0.39 is 58.5 Å². The van der Waals surface area contributed by atoms with Crippen LogP contribution in [0.1, 0.15) is 44.9 Å². The zero-order chi connectivity index (χ0) is 29.0. The van der Waals surface area contributed by atoms with E-state index in [2.05, 4.69) is 10.6 Å². The molecule has 0 unspecified atom stereocenters. The van der Waals surface area contributed by atoms with Crippen LogP contribution in [0.3, 0.4) is 0 Å². The van der Waals surface area contributed by atoms with Crippen molar-refractivity contribution in [2.24, 2.45) is 0 Å². The van der Waals surface area contributed by atoms with Gasteiger partial charge >= 0.3 is 5.92 Å². The first-order valence-corrected chi connectivity index (χ1v) is 12.1. The molecule has 3 amide bonds. The van der Waals surface area contributed by atoms with Crippen molar-refractivity contribution in [3.8, 4) is 11.1 Å². The summed E-state index contributed by atoms with van der Waals surface area (Å²) >= 11 is 0. The first-order valence-electron chi connectivity index (χ1n) is 12.1. The van der Waals surface area contributed by atoms with E-state index in [0.717, 1.165) is 18.1 Å². The Morgan fingerprint density at radius 1 is 0.744 bits per heavy atom. The normalized spacial score (nSPS) is 13.2. The number of amides is 3. The van der Waals surface area contributed by atoms with Gasteiger partial charge in [-0.3, -0.25) is 14.4 Å². The minimum atomic E-state index is -4.33. The lowest BCUT2D eigenvalue weighted by molar-refractivity contribution is -0.149. The van der Waals surface area contributed by atoms with Crippen LogP contribution in [0.15, 0.2) is 72.8 Å². The Morgan fingerprint density at radius 3 is 1.82 bits per heavy atom. The molecule has 39 heavy (non-hydrogen) atoms. The molecule has 3 aromatic rings. The molecular weight excluding hydrogens is 514 g/mol. The van der Waals surface area contributed by atoms with Crippen LogP contribution in [0.25, 0.3) is 11.1 Å². The third-order valence-electron chi connectivity index (χ3n) is 5.65. The highest BCUT2D eigenvalue weighted by atomic mass is 19.3. The van der Waals surface area contributed by atoms with Crippen LogP contribution < -0.4 is 16.0 Å². The van der Waals surface area contributed by atoms with Gasteiger partial charge in [0, 0.05) is 17.2 Å². The fraction of sp³-hybridized carbons (Fsp3) is 0.276. The molecule has 0 aliphatic rings. The summed E-state index contributed by atoms with van der Waals surface area (Å²) in [6.45, 7) is 6.40. The van der Waals surface area contributed by atoms with Gasteiger partial charge in [-0.05, 0) is 56.5 Å². The Bertz CT molecular complexity index is 1320. The highest BCUT2D eigenvalue weighted by Gasteiger charge is 2.43. The SMILES string of the molecule is C[C@H](NC(=O)C(F)(F)c1cc(F)cc(F)c1)C(=O)N[C@H](C(=O)NC(C)(C)C)c1ccc(-c2ccccc2)cc1. The standard InChI is InChI=1S/C29H29F4N3O3/c1-17(34-27(39)29(32,33)21-14-22(30)16-23(31)15-21)25(37)35-24(26(38)36-28(2,3)4)20-12-10-19(11-13-20)18-8-6-5-7-9-18/h5-17,24H,1-4H3,(H,34,39)(H,35,37)(H,36,38)/t17-,24-/m0/s1. The topological polar surface area (TPSA) is 87.3 Å². The van der Waals surface area contributed by atoms with Gasteiger partial charge in [0.2, 0.25) is 11.8 Å². The van der Waals surface area contributed by atoms with Gasteiger partial charge in [0.1, 0.15) is 23.7 Å². The van der Waals surface area contributed by atoms with Gasteiger partial charge in [-0.25, -0.2) is 8.78 Å². The van der Waals surface area contributed by atoms with Crippen LogP contribution in [-0.4, -0.2) is 29.3 Å². The van der Waals surface area contributed by atoms with E-state index in [-0.39, 0.29) is 0 Å². The largest absolute Gasteiger partial charge is 0.349 e. The predicted molar refractivity (Wildman–Crippen MR) is 139 cm³/mol. The molecule has 0 bridgehead atoms. The monoisotopic (exact) mass is 543 g/mol. The highest BCUT2D eigenvalue weighted by Crippen LogP contribution is 2.30. The van der Waals surface area contributed by atoms with Crippen LogP contribution in [-0.2, 0) is 20.3 Å². The van der Waals surface area contributed by atoms with Crippen molar-refractivity contribution in [2.45, 2.75) is 51.2 Å². The minimum absolute atomic E-state index is 0.333. The number of carbonyl (C=O) groups excluding carboxylic acids is 3. The van der Waals surface area contributed by atoms with E-state index >= 15 is 0 Å². The number of alkyl halides is 2. The molecule has 3 N–H and O–H groups in total. The molecule has 3 rings (SSSR count). The second kappa shape index (κ2) is 11.7. The summed E-state index contributed by atoms with van der Waals surface area (Å²) in [4.78, 5) is 38.3. The van der Waals surface area contributed by atoms with Gasteiger partial charge in [0.15, 0.2) is 0 Å². The van der Waals surface area contributed by atoms with Crippen LogP contribution >= 0.6 is 0 Å². The van der Waals surface area contributed by atoms with Crippen molar-refractivity contribution >= 4 is 17.7 Å². The molecule has 0 aliphatic heterocycles. The molecular formula is C29H29F4N3O3. The maximum atomic E-state index is 14.6. The summed E-state index contributed by atoms with van der Waals surface area (Å²) in [5, 5.41) is 7.13. The summed E-state index contributed by atoms with van der Waals surface area (Å²) in [6.07, 6.45) is 0. The van der Waals surface area contributed by atoms with Crippen LogP contribution in [0.2, 0.25) is 0 Å². The Balaban J connectivity index is 1.79. The third kappa shape index (κ3) is 7.66. The summed E-state index contributed by atoms with van der Waals surface area (Å²) < 4.78 is 56.1. The maximum Gasteiger partial charge on any atom is 0.349 e. The lowest BCUT2D eigenvalue weighted by Gasteiger charge is -2.27. The molecule has 3 aromatic carbocycles. The molecule has 2 atom stereocenters. The molecule has 0 saturated carbocycles. The highest BCUT2D eigenvalue weighted by molar-refractivity contribution is 5.94. The van der Waals surface area contributed by atoms with E-state index in [1.54, 1.807) is 45.0 Å². The molecule has 0 heterocycles. The Kier molecular flexibility index (Phi) is 8.78. The average Bonchev–Trinajstić information content (AvgIpc) is 2.86. The van der Waals surface area contributed by atoms with Crippen LogP contribution in [0.5, 0.6) is 0 Å². The van der Waals surface area contributed by atoms with Gasteiger partial charge in [0.05, 0.1) is 0 Å². The molecule has 0 aromatic heterocycles. The summed E-state index contributed by atoms with van der Waals surface area (Å²) in [5.41, 5.74) is 0.387. The number of nitrogens with one attached hydrogen (secondary N) is 3. The van der Waals surface area contributed by atoms with Gasteiger partial charge in [0.25, 0.3) is 5.91 Å². The summed E-state index contributed by atoms with van der Waals surface area (Å²) in [7, 11) is 0. The molecule has 10 heteroatoms. The zero-order valence-corrected chi connectivity index (χ0v) is 21.8. The van der Waals surface area contributed by atoms with Gasteiger partial charge < -0.3 is 16.0 Å². The quantitative estimate of drug-likeness (QED) is 0.350. The first kappa shape index (κ1) is 29.3. The molecule has 0 saturated heterocycles. The fourth-order valence-electron chi connectivity index (χ4n) is 3.73. The van der Waals surface area contributed by atoms with Crippen molar-refractivity contribution in [1.82, 2.24) is 16.0 Å². The molecule has 206 valence electrons. The number of carbonyl (C=O) groups is 3. The average molecular weight is 544 g/mol. The predicted octanol–water partition coefficient (Wildman–Crippen LogP) is 5.00. The number of halogens is 4. The zero-order valence-electron chi connectivity index (χ0n) is 21.8. The second-order valence-electron chi connectivity index (χ2n) is 10.1. The van der Waals surface area contributed by atoms with Gasteiger partial charge in [-0.15, -0.1) is 0 Å². The molecule has 0 fully saturated rings. The van der Waals surface area contributed by atoms with E-state index in [1.165, 1.54) is 0 Å². The minimum Gasteiger partial charge on any atom is -0.349 e. The molecule has 0 aliphatic carbocycles. The Morgan fingerprint density at radius 2 is 1.28 bits per heavy atom. The van der Waals surface area contributed by atoms with Crippen LogP contribution in [0, 0.1) is 11.6 Å². The Labute approximate surface area is 223 Å². The maximum absolute atomic E-state index is 14.6. The number of hydrogen-bond donors (Lipinski definition) is 3. The number of hydrogen-bond acceptors (Lipinski definition) is 3. The van der Waals surface area contributed by atoms with E-state index in [0.29, 0.717) is 23.8 Å². The fourth-order valence-corrected chi connectivity index (χ4v) is 3.73. The summed E-state index contributed by atoms with van der Waals surface area (Å²) in [5.74, 6) is -10.3. The number of benzene rings is 3. The van der Waals surface area contributed by atoms with Crippen molar-refractivity contribution in [2.75, 3.05) is 0 Å². The third-order valence-corrected chi connectivity index (χ3v) is 5.65. The number of rotatable bonds is 8. The second-order valence-corrected chi connectivity index (χ2v) is 10.1.